The van der Waals surface area contributed by atoms with Crippen LogP contribution in [-0.4, -0.2) is 29.1 Å². The predicted molar refractivity (Wildman–Crippen MR) is 71.4 cm³/mol. The second kappa shape index (κ2) is 5.87. The summed E-state index contributed by atoms with van der Waals surface area (Å²) < 4.78 is 27.5. The van der Waals surface area contributed by atoms with E-state index in [0.717, 1.165) is 37.5 Å². The van der Waals surface area contributed by atoms with E-state index in [2.05, 4.69) is 0 Å². The van der Waals surface area contributed by atoms with Gasteiger partial charge in [-0.2, -0.15) is 0 Å². The number of piperidine rings is 1. The molecule has 2 rings (SSSR count). The van der Waals surface area contributed by atoms with Crippen LogP contribution in [-0.2, 0) is 10.3 Å². The van der Waals surface area contributed by atoms with Gasteiger partial charge in [0.2, 0.25) is 0 Å². The molecule has 1 unspecified atom stereocenters. The third-order valence-corrected chi connectivity index (χ3v) is 4.06. The van der Waals surface area contributed by atoms with Crippen molar-refractivity contribution < 1.29 is 18.7 Å². The van der Waals surface area contributed by atoms with Gasteiger partial charge in [-0.3, -0.25) is 9.69 Å². The molecule has 0 aromatic heterocycles. The normalized spacial score (nSPS) is 19.6. The van der Waals surface area contributed by atoms with Crippen LogP contribution < -0.4 is 0 Å². The Bertz CT molecular complexity index is 501. The van der Waals surface area contributed by atoms with E-state index in [1.54, 1.807) is 6.92 Å². The van der Waals surface area contributed by atoms with E-state index in [1.807, 2.05) is 4.90 Å². The maximum Gasteiger partial charge on any atom is 0.305 e. The summed E-state index contributed by atoms with van der Waals surface area (Å²) >= 11 is 0. The second-order valence-corrected chi connectivity index (χ2v) is 5.52. The number of halogens is 2. The molecule has 110 valence electrons. The van der Waals surface area contributed by atoms with Gasteiger partial charge < -0.3 is 5.11 Å². The maximum atomic E-state index is 14.1. The molecule has 0 radical (unpaired) electrons. The van der Waals surface area contributed by atoms with Gasteiger partial charge in [-0.1, -0.05) is 6.42 Å². The number of rotatable bonds is 4. The van der Waals surface area contributed by atoms with Crippen LogP contribution in [0, 0.1) is 11.6 Å². The second-order valence-electron chi connectivity index (χ2n) is 5.52. The molecular weight excluding hydrogens is 264 g/mol. The number of nitrogens with zero attached hydrogens (tertiary/aromatic N) is 1. The third kappa shape index (κ3) is 2.98. The van der Waals surface area contributed by atoms with E-state index in [-0.39, 0.29) is 12.0 Å². The molecule has 0 saturated carbocycles. The maximum absolute atomic E-state index is 14.1. The van der Waals surface area contributed by atoms with Gasteiger partial charge in [0.15, 0.2) is 0 Å². The molecule has 1 aliphatic heterocycles. The lowest BCUT2D eigenvalue weighted by molar-refractivity contribution is -0.140. The lowest BCUT2D eigenvalue weighted by atomic mass is 9.84. The Morgan fingerprint density at radius 3 is 2.55 bits per heavy atom. The minimum absolute atomic E-state index is 0.127. The van der Waals surface area contributed by atoms with E-state index in [9.17, 15) is 13.6 Å². The summed E-state index contributed by atoms with van der Waals surface area (Å²) in [6, 6.07) is 3.23. The molecule has 0 aliphatic carbocycles. The SMILES string of the molecule is CC(CC(=O)O)(c1cc(F)ccc1F)N1CCCCC1. The fourth-order valence-corrected chi connectivity index (χ4v) is 2.97. The average molecular weight is 283 g/mol. The van der Waals surface area contributed by atoms with Gasteiger partial charge in [-0.25, -0.2) is 8.78 Å². The molecule has 1 aromatic rings. The van der Waals surface area contributed by atoms with Gasteiger partial charge in [0.1, 0.15) is 11.6 Å². The Morgan fingerprint density at radius 1 is 1.30 bits per heavy atom. The summed E-state index contributed by atoms with van der Waals surface area (Å²) in [6.45, 7) is 3.10. The number of benzene rings is 1. The number of carbonyl (C=O) groups is 1. The summed E-state index contributed by atoms with van der Waals surface area (Å²) in [4.78, 5) is 13.1. The van der Waals surface area contributed by atoms with Gasteiger partial charge in [-0.05, 0) is 51.1 Å². The van der Waals surface area contributed by atoms with E-state index in [0.29, 0.717) is 13.1 Å². The first-order valence-electron chi connectivity index (χ1n) is 6.86. The molecule has 0 amide bonds. The van der Waals surface area contributed by atoms with Crippen LogP contribution in [0.1, 0.15) is 38.2 Å². The monoisotopic (exact) mass is 283 g/mol. The lowest BCUT2D eigenvalue weighted by Crippen LogP contribution is -2.48. The van der Waals surface area contributed by atoms with Crippen LogP contribution in [0.25, 0.3) is 0 Å². The van der Waals surface area contributed by atoms with Crippen LogP contribution in [0.15, 0.2) is 18.2 Å². The molecule has 0 bridgehead atoms. The number of hydrogen-bond donors (Lipinski definition) is 1. The van der Waals surface area contributed by atoms with E-state index in [1.165, 1.54) is 0 Å². The molecule has 1 saturated heterocycles. The van der Waals surface area contributed by atoms with Crippen LogP contribution in [0.3, 0.4) is 0 Å². The highest BCUT2D eigenvalue weighted by Gasteiger charge is 2.38. The van der Waals surface area contributed by atoms with Crippen molar-refractivity contribution in [2.24, 2.45) is 0 Å². The average Bonchev–Trinajstić information content (AvgIpc) is 2.41. The topological polar surface area (TPSA) is 40.5 Å². The molecular formula is C15H19F2NO2. The fraction of sp³-hybridized carbons (Fsp3) is 0.533. The van der Waals surface area contributed by atoms with Gasteiger partial charge >= 0.3 is 5.97 Å². The first-order valence-corrected chi connectivity index (χ1v) is 6.86. The molecule has 1 heterocycles. The largest absolute Gasteiger partial charge is 0.481 e. The third-order valence-electron chi connectivity index (χ3n) is 4.06. The lowest BCUT2D eigenvalue weighted by Gasteiger charge is -2.43. The molecule has 1 aromatic carbocycles. The highest BCUT2D eigenvalue weighted by Crippen LogP contribution is 2.36. The smallest absolute Gasteiger partial charge is 0.305 e. The molecule has 1 aliphatic rings. The predicted octanol–water partition coefficient (Wildman–Crippen LogP) is 3.14. The van der Waals surface area contributed by atoms with Crippen molar-refractivity contribution in [1.29, 1.82) is 0 Å². The zero-order valence-corrected chi connectivity index (χ0v) is 11.5. The number of likely N-dealkylation sites (tertiary alicyclic amines) is 1. The number of carboxylic acids is 1. The van der Waals surface area contributed by atoms with Gasteiger partial charge in [0.05, 0.1) is 12.0 Å². The summed E-state index contributed by atoms with van der Waals surface area (Å²) in [6.07, 6.45) is 2.75. The molecule has 3 nitrogen and oxygen atoms in total. The Morgan fingerprint density at radius 2 is 1.95 bits per heavy atom. The van der Waals surface area contributed by atoms with Crippen LogP contribution in [0.4, 0.5) is 8.78 Å². The minimum Gasteiger partial charge on any atom is -0.481 e. The Kier molecular flexibility index (Phi) is 4.38. The van der Waals surface area contributed by atoms with Crippen LogP contribution in [0.5, 0.6) is 0 Å². The Balaban J connectivity index is 2.44. The Labute approximate surface area is 117 Å². The highest BCUT2D eigenvalue weighted by molar-refractivity contribution is 5.69. The molecule has 1 atom stereocenters. The van der Waals surface area contributed by atoms with Crippen molar-refractivity contribution in [3.05, 3.63) is 35.4 Å². The van der Waals surface area contributed by atoms with Crippen molar-refractivity contribution in [1.82, 2.24) is 4.90 Å². The van der Waals surface area contributed by atoms with Gasteiger partial charge in [-0.15, -0.1) is 0 Å². The van der Waals surface area contributed by atoms with E-state index in [4.69, 9.17) is 5.11 Å². The van der Waals surface area contributed by atoms with E-state index >= 15 is 0 Å². The molecule has 20 heavy (non-hydrogen) atoms. The summed E-state index contributed by atoms with van der Waals surface area (Å²) in [7, 11) is 0. The summed E-state index contributed by atoms with van der Waals surface area (Å²) in [5.74, 6) is -2.11. The zero-order valence-electron chi connectivity index (χ0n) is 11.5. The number of aliphatic carboxylic acids is 1. The highest BCUT2D eigenvalue weighted by atomic mass is 19.1. The molecule has 0 spiro atoms. The zero-order chi connectivity index (χ0) is 14.8. The minimum atomic E-state index is -1.02. The van der Waals surface area contributed by atoms with Crippen molar-refractivity contribution in [3.63, 3.8) is 0 Å². The quantitative estimate of drug-likeness (QED) is 0.923. The summed E-state index contributed by atoms with van der Waals surface area (Å²) in [5.41, 5.74) is -0.889. The van der Waals surface area contributed by atoms with Crippen LogP contribution >= 0.6 is 0 Å². The van der Waals surface area contributed by atoms with Crippen molar-refractivity contribution in [2.45, 2.75) is 38.1 Å². The van der Waals surface area contributed by atoms with Crippen LogP contribution in [0.2, 0.25) is 0 Å². The van der Waals surface area contributed by atoms with Crippen molar-refractivity contribution >= 4 is 5.97 Å². The van der Waals surface area contributed by atoms with Gasteiger partial charge in [0.25, 0.3) is 0 Å². The molecule has 5 heteroatoms. The van der Waals surface area contributed by atoms with Crippen molar-refractivity contribution in [3.8, 4) is 0 Å². The Hall–Kier alpha value is -1.49. The van der Waals surface area contributed by atoms with Gasteiger partial charge in [0, 0.05) is 5.56 Å². The van der Waals surface area contributed by atoms with Crippen molar-refractivity contribution in [2.75, 3.05) is 13.1 Å². The molecule has 1 N–H and O–H groups in total. The first kappa shape index (κ1) is 14.9. The number of hydrogen-bond acceptors (Lipinski definition) is 2. The number of carboxylic acid groups (broad SMARTS) is 1. The summed E-state index contributed by atoms with van der Waals surface area (Å²) in [5, 5.41) is 9.16. The fourth-order valence-electron chi connectivity index (χ4n) is 2.97. The van der Waals surface area contributed by atoms with E-state index < -0.39 is 23.1 Å². The molecule has 1 fully saturated rings. The standard InChI is InChI=1S/C15H19F2NO2/c1-15(10-14(19)20,18-7-3-2-4-8-18)12-9-11(16)5-6-13(12)17/h5-6,9H,2-4,7-8,10H2,1H3,(H,19,20). The first-order chi connectivity index (χ1) is 9.43.